The average Bonchev–Trinajstić information content (AvgIpc) is 3.12. The maximum Gasteiger partial charge on any atom is 0.257 e. The molecular formula is C20H25N3O4. The Morgan fingerprint density at radius 2 is 1.89 bits per heavy atom. The molecule has 2 atom stereocenters. The van der Waals surface area contributed by atoms with Crippen LogP contribution in [0.25, 0.3) is 0 Å². The summed E-state index contributed by atoms with van der Waals surface area (Å²) >= 11 is 0. The van der Waals surface area contributed by atoms with Gasteiger partial charge in [0, 0.05) is 20.1 Å². The zero-order valence-corrected chi connectivity index (χ0v) is 15.8. The van der Waals surface area contributed by atoms with E-state index in [0.29, 0.717) is 5.92 Å². The Hall–Kier alpha value is -2.83. The van der Waals surface area contributed by atoms with E-state index in [9.17, 15) is 19.5 Å². The summed E-state index contributed by atoms with van der Waals surface area (Å²) in [6.07, 6.45) is 4.20. The van der Waals surface area contributed by atoms with Crippen molar-refractivity contribution in [2.24, 2.45) is 5.92 Å². The second-order valence-corrected chi connectivity index (χ2v) is 7.28. The number of nitrogens with one attached hydrogen (secondary N) is 2. The number of hydrogen-bond acceptors (Lipinski definition) is 6. The molecule has 1 aliphatic rings. The van der Waals surface area contributed by atoms with Crippen LogP contribution in [0.1, 0.15) is 43.0 Å². The van der Waals surface area contributed by atoms with Crippen molar-refractivity contribution < 1.29 is 9.90 Å². The van der Waals surface area contributed by atoms with Gasteiger partial charge >= 0.3 is 0 Å². The molecular weight excluding hydrogens is 346 g/mol. The summed E-state index contributed by atoms with van der Waals surface area (Å²) in [5.74, 6) is -0.115. The van der Waals surface area contributed by atoms with Crippen molar-refractivity contribution in [1.82, 2.24) is 4.90 Å². The SMILES string of the molecule is CC[C@H]1CCC[C@@H]1Nc1c(Nc2cccc(C(=O)N(C)C)c2O)c(=O)c1=O. The van der Waals surface area contributed by atoms with Gasteiger partial charge < -0.3 is 20.6 Å². The van der Waals surface area contributed by atoms with E-state index in [1.807, 2.05) is 0 Å². The van der Waals surface area contributed by atoms with Crippen LogP contribution in [0.15, 0.2) is 27.8 Å². The van der Waals surface area contributed by atoms with Gasteiger partial charge in [-0.3, -0.25) is 14.4 Å². The Bertz CT molecular complexity index is 928. The van der Waals surface area contributed by atoms with Gasteiger partial charge in [-0.25, -0.2) is 0 Å². The first-order valence-electron chi connectivity index (χ1n) is 9.25. The van der Waals surface area contributed by atoms with Crippen molar-refractivity contribution in [3.8, 4) is 5.75 Å². The van der Waals surface area contributed by atoms with Crippen molar-refractivity contribution in [3.63, 3.8) is 0 Å². The highest BCUT2D eigenvalue weighted by molar-refractivity contribution is 5.99. The number of amides is 1. The van der Waals surface area contributed by atoms with Crippen molar-refractivity contribution in [1.29, 1.82) is 0 Å². The van der Waals surface area contributed by atoms with Crippen LogP contribution in [0.5, 0.6) is 5.75 Å². The first kappa shape index (κ1) is 18.9. The van der Waals surface area contributed by atoms with Crippen LogP contribution in [0.2, 0.25) is 0 Å². The third kappa shape index (κ3) is 3.41. The quantitative estimate of drug-likeness (QED) is 0.533. The predicted octanol–water partition coefficient (Wildman–Crippen LogP) is 2.42. The molecule has 1 fully saturated rings. The van der Waals surface area contributed by atoms with E-state index >= 15 is 0 Å². The molecule has 0 radical (unpaired) electrons. The maximum absolute atomic E-state index is 12.2. The van der Waals surface area contributed by atoms with Crippen molar-refractivity contribution in [2.45, 2.75) is 38.6 Å². The van der Waals surface area contributed by atoms with Crippen LogP contribution in [0.4, 0.5) is 17.1 Å². The summed E-state index contributed by atoms with van der Waals surface area (Å²) in [5, 5.41) is 16.5. The number of carbonyl (C=O) groups is 1. The molecule has 3 rings (SSSR count). The second kappa shape index (κ2) is 7.42. The Labute approximate surface area is 157 Å². The molecule has 7 heteroatoms. The number of anilines is 3. The van der Waals surface area contributed by atoms with Gasteiger partial charge in [0.1, 0.15) is 11.4 Å². The number of nitrogens with zero attached hydrogens (tertiary/aromatic N) is 1. The molecule has 0 unspecified atom stereocenters. The fourth-order valence-electron chi connectivity index (χ4n) is 3.74. The topological polar surface area (TPSA) is 98.7 Å². The van der Waals surface area contributed by atoms with E-state index < -0.39 is 10.9 Å². The summed E-state index contributed by atoms with van der Waals surface area (Å²) in [6, 6.07) is 4.86. The van der Waals surface area contributed by atoms with Crippen molar-refractivity contribution >= 4 is 23.0 Å². The highest BCUT2D eigenvalue weighted by Crippen LogP contribution is 2.34. The molecule has 0 saturated heterocycles. The zero-order valence-electron chi connectivity index (χ0n) is 15.8. The van der Waals surface area contributed by atoms with Crippen LogP contribution in [0, 0.1) is 5.92 Å². The van der Waals surface area contributed by atoms with Crippen molar-refractivity contribution in [3.05, 3.63) is 44.2 Å². The number of rotatable bonds is 6. The molecule has 0 aromatic heterocycles. The smallest absolute Gasteiger partial charge is 0.257 e. The standard InChI is InChI=1S/C20H25N3O4/c1-4-11-7-5-9-13(11)21-15-16(19(26)18(15)25)22-14-10-6-8-12(17(14)24)20(27)23(2)3/h6,8,10-11,13,21-22,24H,4-5,7,9H2,1-3H3/t11-,13-/m0/s1. The number of carbonyl (C=O) groups excluding carboxylic acids is 1. The Morgan fingerprint density at radius 1 is 1.19 bits per heavy atom. The van der Waals surface area contributed by atoms with E-state index in [2.05, 4.69) is 17.6 Å². The molecule has 1 amide bonds. The summed E-state index contributed by atoms with van der Waals surface area (Å²) in [7, 11) is 3.18. The predicted molar refractivity (Wildman–Crippen MR) is 106 cm³/mol. The molecule has 0 bridgehead atoms. The lowest BCUT2D eigenvalue weighted by Crippen LogP contribution is -2.39. The van der Waals surface area contributed by atoms with E-state index in [1.165, 1.54) is 11.0 Å². The number of benzene rings is 1. The molecule has 3 N–H and O–H groups in total. The monoisotopic (exact) mass is 371 g/mol. The van der Waals surface area contributed by atoms with Gasteiger partial charge in [0.25, 0.3) is 16.8 Å². The fraction of sp³-hybridized carbons (Fsp3) is 0.450. The van der Waals surface area contributed by atoms with Gasteiger partial charge in [-0.2, -0.15) is 0 Å². The van der Waals surface area contributed by atoms with Crippen LogP contribution < -0.4 is 21.5 Å². The number of phenols is 1. The van der Waals surface area contributed by atoms with Crippen LogP contribution in [-0.2, 0) is 0 Å². The molecule has 0 heterocycles. The number of hydrogen-bond donors (Lipinski definition) is 3. The highest BCUT2D eigenvalue weighted by Gasteiger charge is 2.30. The maximum atomic E-state index is 12.2. The minimum Gasteiger partial charge on any atom is -0.505 e. The van der Waals surface area contributed by atoms with Crippen molar-refractivity contribution in [2.75, 3.05) is 24.7 Å². The lowest BCUT2D eigenvalue weighted by atomic mass is 9.99. The first-order chi connectivity index (χ1) is 12.8. The Balaban J connectivity index is 1.86. The van der Waals surface area contributed by atoms with E-state index in [1.54, 1.807) is 26.2 Å². The van der Waals surface area contributed by atoms with Gasteiger partial charge in [-0.05, 0) is 30.9 Å². The van der Waals surface area contributed by atoms with Crippen LogP contribution in [0.3, 0.4) is 0 Å². The molecule has 144 valence electrons. The molecule has 0 aliphatic heterocycles. The molecule has 2 aromatic carbocycles. The Morgan fingerprint density at radius 3 is 2.56 bits per heavy atom. The summed E-state index contributed by atoms with van der Waals surface area (Å²) in [4.78, 5) is 37.6. The van der Waals surface area contributed by atoms with Crippen LogP contribution >= 0.6 is 0 Å². The van der Waals surface area contributed by atoms with Crippen LogP contribution in [-0.4, -0.2) is 36.1 Å². The number of aromatic hydroxyl groups is 1. The molecule has 0 spiro atoms. The largest absolute Gasteiger partial charge is 0.505 e. The minimum atomic E-state index is -0.618. The summed E-state index contributed by atoms with van der Waals surface area (Å²) < 4.78 is 0. The van der Waals surface area contributed by atoms with Gasteiger partial charge in [-0.15, -0.1) is 0 Å². The lowest BCUT2D eigenvalue weighted by Gasteiger charge is -2.23. The fourth-order valence-corrected chi connectivity index (χ4v) is 3.74. The van der Waals surface area contributed by atoms with Gasteiger partial charge in [0.05, 0.1) is 11.3 Å². The summed E-state index contributed by atoms with van der Waals surface area (Å²) in [6.45, 7) is 2.12. The van der Waals surface area contributed by atoms with Gasteiger partial charge in [0.2, 0.25) is 0 Å². The Kier molecular flexibility index (Phi) is 5.21. The number of para-hydroxylation sites is 1. The van der Waals surface area contributed by atoms with E-state index in [-0.39, 0.29) is 40.3 Å². The number of phenolic OH excluding ortho intramolecular Hbond substituents is 1. The third-order valence-electron chi connectivity index (χ3n) is 5.36. The van der Waals surface area contributed by atoms with E-state index in [0.717, 1.165) is 25.7 Å². The normalized spacial score (nSPS) is 19.2. The average molecular weight is 371 g/mol. The first-order valence-corrected chi connectivity index (χ1v) is 9.25. The minimum absolute atomic E-state index is 0.125. The van der Waals surface area contributed by atoms with E-state index in [4.69, 9.17) is 0 Å². The molecule has 1 aliphatic carbocycles. The second-order valence-electron chi connectivity index (χ2n) is 7.28. The zero-order chi connectivity index (χ0) is 19.7. The molecule has 27 heavy (non-hydrogen) atoms. The molecule has 7 nitrogen and oxygen atoms in total. The summed E-state index contributed by atoms with van der Waals surface area (Å²) in [5.41, 5.74) is -0.400. The highest BCUT2D eigenvalue weighted by atomic mass is 16.3. The molecule has 2 aromatic rings. The molecule has 1 saturated carbocycles. The lowest BCUT2D eigenvalue weighted by molar-refractivity contribution is 0.0824. The van der Waals surface area contributed by atoms with Gasteiger partial charge in [0.15, 0.2) is 5.75 Å². The third-order valence-corrected chi connectivity index (χ3v) is 5.36. The van der Waals surface area contributed by atoms with Gasteiger partial charge in [-0.1, -0.05) is 25.8 Å².